The maximum absolute atomic E-state index is 11.9. The molecule has 4 N–H and O–H groups in total. The van der Waals surface area contributed by atoms with Gasteiger partial charge in [0, 0.05) is 36.8 Å². The molecule has 1 atom stereocenters. The third-order valence-corrected chi connectivity index (χ3v) is 4.46. The van der Waals surface area contributed by atoms with Gasteiger partial charge in [0.15, 0.2) is 10.8 Å². The maximum atomic E-state index is 11.9. The minimum Gasteiger partial charge on any atom is -0.494 e. The molecule has 0 radical (unpaired) electrons. The van der Waals surface area contributed by atoms with Gasteiger partial charge in [0.2, 0.25) is 5.88 Å². The predicted molar refractivity (Wildman–Crippen MR) is 99.6 cm³/mol. The number of para-hydroxylation sites is 1. The Balaban J connectivity index is 1.94. The second-order valence-electron chi connectivity index (χ2n) is 5.75. The number of carboxylic acid groups (broad SMARTS) is 1. The van der Waals surface area contributed by atoms with Crippen LogP contribution in [0.1, 0.15) is 11.1 Å². The molecule has 0 bridgehead atoms. The molecule has 2 aromatic heterocycles. The van der Waals surface area contributed by atoms with Gasteiger partial charge >= 0.3 is 5.97 Å². The first-order valence-electron chi connectivity index (χ1n) is 7.71. The molecule has 0 unspecified atom stereocenters. The molecule has 0 saturated heterocycles. The fourth-order valence-corrected chi connectivity index (χ4v) is 2.80. The molecular formula is C17H16N4O4S. The van der Waals surface area contributed by atoms with Crippen molar-refractivity contribution in [2.75, 3.05) is 0 Å². The Morgan fingerprint density at radius 3 is 2.88 bits per heavy atom. The summed E-state index contributed by atoms with van der Waals surface area (Å²) in [4.78, 5) is 33.0. The van der Waals surface area contributed by atoms with E-state index in [1.165, 1.54) is 11.6 Å². The molecule has 0 spiro atoms. The van der Waals surface area contributed by atoms with Crippen LogP contribution >= 0.6 is 12.2 Å². The summed E-state index contributed by atoms with van der Waals surface area (Å²) in [6.45, 7) is 0. The smallest absolute Gasteiger partial charge is 0.328 e. The number of H-pyrrole nitrogens is 2. The highest BCUT2D eigenvalue weighted by molar-refractivity contribution is 7.71. The molecule has 1 aromatic carbocycles. The van der Waals surface area contributed by atoms with Crippen molar-refractivity contribution in [2.45, 2.75) is 12.5 Å². The van der Waals surface area contributed by atoms with Gasteiger partial charge in [0.05, 0.1) is 0 Å². The van der Waals surface area contributed by atoms with Crippen LogP contribution in [0.4, 0.5) is 0 Å². The van der Waals surface area contributed by atoms with Gasteiger partial charge in [0.1, 0.15) is 5.56 Å². The fraction of sp³-hybridized carbons (Fsp3) is 0.176. The second-order valence-corrected chi connectivity index (χ2v) is 6.14. The zero-order chi connectivity index (χ0) is 18.8. The van der Waals surface area contributed by atoms with Crippen molar-refractivity contribution in [1.29, 1.82) is 0 Å². The molecule has 26 heavy (non-hydrogen) atoms. The number of fused-ring (bicyclic) bond motifs is 1. The van der Waals surface area contributed by atoms with E-state index in [4.69, 9.17) is 12.2 Å². The summed E-state index contributed by atoms with van der Waals surface area (Å²) in [6.07, 6.45) is 2.95. The van der Waals surface area contributed by atoms with Gasteiger partial charge in [-0.1, -0.05) is 18.2 Å². The average Bonchev–Trinajstić information content (AvgIpc) is 3.01. The number of rotatable bonds is 5. The molecule has 134 valence electrons. The van der Waals surface area contributed by atoms with Crippen LogP contribution < -0.4 is 5.56 Å². The molecule has 0 aliphatic rings. The quantitative estimate of drug-likeness (QED) is 0.401. The average molecular weight is 372 g/mol. The van der Waals surface area contributed by atoms with Gasteiger partial charge in [-0.05, 0) is 23.8 Å². The zero-order valence-electron chi connectivity index (χ0n) is 13.8. The van der Waals surface area contributed by atoms with Crippen LogP contribution in [0.15, 0.2) is 40.2 Å². The van der Waals surface area contributed by atoms with Crippen LogP contribution in [0.5, 0.6) is 5.88 Å². The number of hydrogen-bond donors (Lipinski definition) is 4. The number of aliphatic carboxylic acids is 1. The number of nitrogens with one attached hydrogen (secondary N) is 2. The van der Waals surface area contributed by atoms with Crippen molar-refractivity contribution in [3.05, 3.63) is 56.7 Å². The third kappa shape index (κ3) is 3.29. The predicted octanol–water partition coefficient (Wildman–Crippen LogP) is 1.74. The largest absolute Gasteiger partial charge is 0.494 e. The molecule has 0 saturated carbocycles. The molecule has 8 nitrogen and oxygen atoms in total. The van der Waals surface area contributed by atoms with E-state index < -0.39 is 17.6 Å². The van der Waals surface area contributed by atoms with Crippen molar-refractivity contribution in [1.82, 2.24) is 14.5 Å². The van der Waals surface area contributed by atoms with E-state index in [1.807, 2.05) is 24.3 Å². The van der Waals surface area contributed by atoms with Gasteiger partial charge in [-0.2, -0.15) is 0 Å². The number of carboxylic acids is 1. The summed E-state index contributed by atoms with van der Waals surface area (Å²) >= 11 is 4.89. The van der Waals surface area contributed by atoms with E-state index in [-0.39, 0.29) is 22.6 Å². The number of nitrogens with zero attached hydrogens (tertiary/aromatic N) is 2. The van der Waals surface area contributed by atoms with E-state index in [0.29, 0.717) is 0 Å². The Bertz CT molecular complexity index is 1130. The number of hydrogen-bond acceptors (Lipinski definition) is 5. The van der Waals surface area contributed by atoms with Crippen LogP contribution in [-0.2, 0) is 18.3 Å². The van der Waals surface area contributed by atoms with Crippen molar-refractivity contribution < 1.29 is 15.0 Å². The van der Waals surface area contributed by atoms with E-state index in [9.17, 15) is 19.8 Å². The fourth-order valence-electron chi connectivity index (χ4n) is 2.62. The highest BCUT2D eigenvalue weighted by Gasteiger charge is 2.19. The third-order valence-electron chi connectivity index (χ3n) is 4.09. The van der Waals surface area contributed by atoms with E-state index in [1.54, 1.807) is 6.20 Å². The Kier molecular flexibility index (Phi) is 4.72. The highest BCUT2D eigenvalue weighted by Crippen LogP contribution is 2.20. The van der Waals surface area contributed by atoms with Crippen molar-refractivity contribution in [2.24, 2.45) is 12.0 Å². The van der Waals surface area contributed by atoms with E-state index in [2.05, 4.69) is 15.0 Å². The first-order chi connectivity index (χ1) is 12.4. The van der Waals surface area contributed by atoms with Crippen LogP contribution in [-0.4, -0.2) is 43.0 Å². The number of aliphatic imine (C=N–C) groups is 1. The summed E-state index contributed by atoms with van der Waals surface area (Å²) in [5, 5.41) is 20.4. The number of aromatic nitrogens is 3. The Morgan fingerprint density at radius 1 is 1.42 bits per heavy atom. The zero-order valence-corrected chi connectivity index (χ0v) is 14.6. The molecule has 9 heteroatoms. The lowest BCUT2D eigenvalue weighted by molar-refractivity contribution is -0.138. The summed E-state index contributed by atoms with van der Waals surface area (Å²) in [7, 11) is 1.48. The second kappa shape index (κ2) is 6.96. The maximum Gasteiger partial charge on any atom is 0.328 e. The van der Waals surface area contributed by atoms with Gasteiger partial charge in [-0.15, -0.1) is 0 Å². The number of benzene rings is 1. The number of aromatic amines is 2. The van der Waals surface area contributed by atoms with Gasteiger partial charge in [-0.25, -0.2) is 4.79 Å². The molecule has 3 rings (SSSR count). The number of aromatic hydroxyl groups is 1. The summed E-state index contributed by atoms with van der Waals surface area (Å²) in [5.41, 5.74) is 0.921. The monoisotopic (exact) mass is 372 g/mol. The molecule has 0 amide bonds. The standard InChI is InChI=1S/C17H16N4O4S/c1-21-15(23)11(14(22)20-17(21)26)8-19-13(16(24)25)6-9-7-18-12-5-3-2-4-10(9)12/h2-5,7-8,13,18,23H,6H2,1H3,(H,24,25)(H,20,22,26)/t13-/m1/s1. The minimum absolute atomic E-state index is 0.0539. The summed E-state index contributed by atoms with van der Waals surface area (Å²) < 4.78 is 1.26. The van der Waals surface area contributed by atoms with E-state index in [0.717, 1.165) is 22.7 Å². The van der Waals surface area contributed by atoms with Crippen LogP contribution in [0.3, 0.4) is 0 Å². The Labute approximate surface area is 152 Å². The molecule has 2 heterocycles. The van der Waals surface area contributed by atoms with Crippen molar-refractivity contribution in [3.8, 4) is 5.88 Å². The van der Waals surface area contributed by atoms with Crippen LogP contribution in [0.25, 0.3) is 10.9 Å². The van der Waals surface area contributed by atoms with Gasteiger partial charge in [0.25, 0.3) is 5.56 Å². The van der Waals surface area contributed by atoms with Crippen LogP contribution in [0.2, 0.25) is 0 Å². The summed E-state index contributed by atoms with van der Waals surface area (Å²) in [5.74, 6) is -1.51. The normalized spacial score (nSPS) is 12.7. The van der Waals surface area contributed by atoms with Crippen LogP contribution in [0, 0.1) is 4.77 Å². The van der Waals surface area contributed by atoms with Gasteiger partial charge < -0.3 is 15.2 Å². The topological polar surface area (TPSA) is 123 Å². The van der Waals surface area contributed by atoms with Gasteiger partial charge in [-0.3, -0.25) is 19.3 Å². The first kappa shape index (κ1) is 17.6. The van der Waals surface area contributed by atoms with Crippen molar-refractivity contribution >= 4 is 35.3 Å². The lowest BCUT2D eigenvalue weighted by Crippen LogP contribution is -2.22. The lowest BCUT2D eigenvalue weighted by atomic mass is 10.1. The molecule has 3 aromatic rings. The SMILES string of the molecule is Cn1c(O)c(C=N[C@H](Cc2c[nH]c3ccccc23)C(=O)O)c(=O)[nH]c1=S. The van der Waals surface area contributed by atoms with Crippen molar-refractivity contribution in [3.63, 3.8) is 0 Å². The molecule has 0 aliphatic carbocycles. The molecular weight excluding hydrogens is 356 g/mol. The highest BCUT2D eigenvalue weighted by atomic mass is 32.1. The number of carbonyl (C=O) groups is 1. The minimum atomic E-state index is -1.13. The Hall–Kier alpha value is -3.20. The Morgan fingerprint density at radius 2 is 2.15 bits per heavy atom. The summed E-state index contributed by atoms with van der Waals surface area (Å²) in [6, 6.07) is 6.43. The molecule has 0 fully saturated rings. The lowest BCUT2D eigenvalue weighted by Gasteiger charge is -2.08. The van der Waals surface area contributed by atoms with E-state index >= 15 is 0 Å². The molecule has 0 aliphatic heterocycles. The first-order valence-corrected chi connectivity index (χ1v) is 8.12.